The van der Waals surface area contributed by atoms with Crippen LogP contribution in [-0.2, 0) is 20.9 Å². The second-order valence-electron chi connectivity index (χ2n) is 10.4. The number of ether oxygens (including phenoxy) is 3. The van der Waals surface area contributed by atoms with Gasteiger partial charge in [0.15, 0.2) is 23.1 Å². The lowest BCUT2D eigenvalue weighted by atomic mass is 9.71. The molecule has 3 aliphatic rings. The van der Waals surface area contributed by atoms with Gasteiger partial charge in [-0.2, -0.15) is 0 Å². The third-order valence-corrected chi connectivity index (χ3v) is 8.53. The molecule has 5 rings (SSSR count). The maximum absolute atomic E-state index is 13.5. The molecule has 0 aromatic heterocycles. The molecule has 2 aromatic rings. The highest BCUT2D eigenvalue weighted by Gasteiger charge is 2.43. The van der Waals surface area contributed by atoms with E-state index >= 15 is 0 Å². The fourth-order valence-electron chi connectivity index (χ4n) is 6.07. The lowest BCUT2D eigenvalue weighted by molar-refractivity contribution is -0.117. The number of benzene rings is 2. The van der Waals surface area contributed by atoms with Crippen molar-refractivity contribution in [2.24, 2.45) is 0 Å². The van der Waals surface area contributed by atoms with Gasteiger partial charge in [0.2, 0.25) is 0 Å². The summed E-state index contributed by atoms with van der Waals surface area (Å²) in [4.78, 5) is 29.3. The van der Waals surface area contributed by atoms with Crippen molar-refractivity contribution in [3.63, 3.8) is 0 Å². The molecule has 6 nitrogen and oxygen atoms in total. The number of hydrogen-bond donors (Lipinski definition) is 0. The van der Waals surface area contributed by atoms with E-state index in [9.17, 15) is 9.59 Å². The highest BCUT2D eigenvalue weighted by atomic mass is 35.5. The Kier molecular flexibility index (Phi) is 9.19. The SMILES string of the molecule is CCOc1cc(C2C3=C(CCCC3=O)N(CCCOC)C3=C2C(=O)CCC3)ccc1OCc1ccc(Cl)c(Cl)c1. The highest BCUT2D eigenvalue weighted by molar-refractivity contribution is 6.42. The largest absolute Gasteiger partial charge is 0.490 e. The minimum absolute atomic E-state index is 0.130. The Hall–Kier alpha value is -2.80. The second kappa shape index (κ2) is 12.8. The molecule has 2 aliphatic carbocycles. The Morgan fingerprint density at radius 2 is 1.55 bits per heavy atom. The van der Waals surface area contributed by atoms with Gasteiger partial charge in [-0.25, -0.2) is 0 Å². The first-order chi connectivity index (χ1) is 19.4. The zero-order valence-electron chi connectivity index (χ0n) is 23.1. The monoisotopic (exact) mass is 583 g/mol. The number of allylic oxidation sites excluding steroid dienone is 4. The number of carbonyl (C=O) groups excluding carboxylic acids is 2. The minimum Gasteiger partial charge on any atom is -0.490 e. The normalized spacial score (nSPS) is 17.8. The molecule has 0 unspecified atom stereocenters. The van der Waals surface area contributed by atoms with Crippen LogP contribution in [0.4, 0.5) is 0 Å². The smallest absolute Gasteiger partial charge is 0.161 e. The molecule has 40 heavy (non-hydrogen) atoms. The number of carbonyl (C=O) groups is 2. The molecule has 2 aromatic carbocycles. The van der Waals surface area contributed by atoms with Gasteiger partial charge >= 0.3 is 0 Å². The first-order valence-corrected chi connectivity index (χ1v) is 14.8. The van der Waals surface area contributed by atoms with Crippen LogP contribution in [0.3, 0.4) is 0 Å². The van der Waals surface area contributed by atoms with E-state index in [1.54, 1.807) is 19.2 Å². The minimum atomic E-state index is -0.396. The van der Waals surface area contributed by atoms with Gasteiger partial charge < -0.3 is 19.1 Å². The molecular weight excluding hydrogens is 549 g/mol. The van der Waals surface area contributed by atoms with E-state index in [0.29, 0.717) is 47.6 Å². The van der Waals surface area contributed by atoms with Crippen LogP contribution >= 0.6 is 23.2 Å². The molecule has 0 bridgehead atoms. The summed E-state index contributed by atoms with van der Waals surface area (Å²) in [7, 11) is 1.70. The zero-order chi connectivity index (χ0) is 28.2. The molecule has 0 saturated heterocycles. The number of hydrogen-bond acceptors (Lipinski definition) is 6. The van der Waals surface area contributed by atoms with Crippen LogP contribution in [0.25, 0.3) is 0 Å². The molecule has 0 radical (unpaired) electrons. The summed E-state index contributed by atoms with van der Waals surface area (Å²) >= 11 is 12.2. The van der Waals surface area contributed by atoms with Gasteiger partial charge in [-0.05, 0) is 74.4 Å². The first-order valence-electron chi connectivity index (χ1n) is 14.0. The number of ketones is 2. The number of methoxy groups -OCH3 is 1. The summed E-state index contributed by atoms with van der Waals surface area (Å²) in [6, 6.07) is 11.2. The quantitative estimate of drug-likeness (QED) is 0.271. The average Bonchev–Trinajstić information content (AvgIpc) is 2.95. The van der Waals surface area contributed by atoms with Gasteiger partial charge in [-0.1, -0.05) is 35.3 Å². The van der Waals surface area contributed by atoms with Crippen molar-refractivity contribution in [2.45, 2.75) is 64.4 Å². The Balaban J connectivity index is 1.54. The first kappa shape index (κ1) is 28.7. The van der Waals surface area contributed by atoms with Crippen molar-refractivity contribution >= 4 is 34.8 Å². The fourth-order valence-corrected chi connectivity index (χ4v) is 6.39. The second-order valence-corrected chi connectivity index (χ2v) is 11.2. The summed E-state index contributed by atoms with van der Waals surface area (Å²) in [6.45, 7) is 4.03. The van der Waals surface area contributed by atoms with E-state index in [1.165, 1.54) is 0 Å². The average molecular weight is 585 g/mol. The molecule has 0 atom stereocenters. The zero-order valence-corrected chi connectivity index (χ0v) is 24.6. The van der Waals surface area contributed by atoms with Crippen molar-refractivity contribution in [1.82, 2.24) is 4.90 Å². The molecule has 0 saturated carbocycles. The molecule has 1 heterocycles. The van der Waals surface area contributed by atoms with Crippen molar-refractivity contribution in [3.05, 3.63) is 80.1 Å². The summed E-state index contributed by atoms with van der Waals surface area (Å²) < 4.78 is 17.5. The van der Waals surface area contributed by atoms with E-state index in [2.05, 4.69) is 4.90 Å². The Bertz CT molecular complexity index is 1320. The van der Waals surface area contributed by atoms with Crippen LogP contribution in [0.15, 0.2) is 58.9 Å². The van der Waals surface area contributed by atoms with Crippen molar-refractivity contribution < 1.29 is 23.8 Å². The summed E-state index contributed by atoms with van der Waals surface area (Å²) in [6.07, 6.45) is 5.15. The number of rotatable bonds is 10. The van der Waals surface area contributed by atoms with E-state index in [0.717, 1.165) is 72.3 Å². The molecule has 212 valence electrons. The van der Waals surface area contributed by atoms with E-state index < -0.39 is 5.92 Å². The predicted molar refractivity (Wildman–Crippen MR) is 156 cm³/mol. The van der Waals surface area contributed by atoms with Crippen LogP contribution in [0.2, 0.25) is 10.0 Å². The number of Topliss-reactive ketones (excluding diaryl/α,β-unsaturated/α-hetero) is 2. The lowest BCUT2D eigenvalue weighted by Gasteiger charge is -2.44. The van der Waals surface area contributed by atoms with Crippen LogP contribution in [-0.4, -0.2) is 43.3 Å². The summed E-state index contributed by atoms with van der Waals surface area (Å²) in [5.41, 5.74) is 5.45. The number of nitrogens with zero attached hydrogens (tertiary/aromatic N) is 1. The van der Waals surface area contributed by atoms with Gasteiger partial charge in [0.25, 0.3) is 0 Å². The third kappa shape index (κ3) is 5.81. The van der Waals surface area contributed by atoms with E-state index in [-0.39, 0.29) is 18.2 Å². The maximum atomic E-state index is 13.5. The highest BCUT2D eigenvalue weighted by Crippen LogP contribution is 2.50. The van der Waals surface area contributed by atoms with Crippen molar-refractivity contribution in [1.29, 1.82) is 0 Å². The Morgan fingerprint density at radius 1 is 0.850 bits per heavy atom. The standard InChI is InChI=1S/C32H35Cl2NO5/c1-3-39-29-18-21(12-14-28(29)40-19-20-11-13-22(33)23(34)17-20)30-31-24(7-4-9-26(31)36)35(15-6-16-38-2)25-8-5-10-27(37)32(25)30/h11-14,17-18,30H,3-10,15-16,19H2,1-2H3. The van der Waals surface area contributed by atoms with Crippen molar-refractivity contribution in [2.75, 3.05) is 26.9 Å². The van der Waals surface area contributed by atoms with Gasteiger partial charge in [0, 0.05) is 61.6 Å². The van der Waals surface area contributed by atoms with Crippen LogP contribution in [0.1, 0.15) is 68.9 Å². The van der Waals surface area contributed by atoms with Crippen LogP contribution in [0, 0.1) is 0 Å². The van der Waals surface area contributed by atoms with Crippen LogP contribution < -0.4 is 9.47 Å². The molecule has 1 aliphatic heterocycles. The predicted octanol–water partition coefficient (Wildman–Crippen LogP) is 7.42. The molecule has 0 N–H and O–H groups in total. The fraction of sp³-hybridized carbons (Fsp3) is 0.438. The molecule has 0 fully saturated rings. The van der Waals surface area contributed by atoms with E-state index in [4.69, 9.17) is 37.4 Å². The van der Waals surface area contributed by atoms with Gasteiger partial charge in [-0.3, -0.25) is 9.59 Å². The Labute approximate surface area is 245 Å². The summed E-state index contributed by atoms with van der Waals surface area (Å²) in [5, 5.41) is 0.963. The van der Waals surface area contributed by atoms with Gasteiger partial charge in [-0.15, -0.1) is 0 Å². The molecular formula is C32H35Cl2NO5. The molecule has 8 heteroatoms. The maximum Gasteiger partial charge on any atom is 0.161 e. The van der Waals surface area contributed by atoms with Crippen LogP contribution in [0.5, 0.6) is 11.5 Å². The third-order valence-electron chi connectivity index (χ3n) is 7.80. The Morgan fingerprint density at radius 3 is 2.17 bits per heavy atom. The van der Waals surface area contributed by atoms with E-state index in [1.807, 2.05) is 31.2 Å². The molecule has 0 amide bonds. The summed E-state index contributed by atoms with van der Waals surface area (Å²) in [5.74, 6) is 1.03. The molecule has 0 spiro atoms. The van der Waals surface area contributed by atoms with Gasteiger partial charge in [0.1, 0.15) is 6.61 Å². The lowest BCUT2D eigenvalue weighted by Crippen LogP contribution is -2.39. The van der Waals surface area contributed by atoms with Crippen molar-refractivity contribution in [3.8, 4) is 11.5 Å². The van der Waals surface area contributed by atoms with Gasteiger partial charge in [0.05, 0.1) is 16.7 Å². The topological polar surface area (TPSA) is 65.1 Å². The number of halogens is 2.